The molecular weight excluding hydrogens is 629 g/mol. The predicted molar refractivity (Wildman–Crippen MR) is 191 cm³/mol. The zero-order valence-electron chi connectivity index (χ0n) is 28.0. The number of carbonyl (C=O) groups is 2. The number of anilines is 2. The number of benzene rings is 3. The largest absolute Gasteiger partial charge is 0.308 e. The van der Waals surface area contributed by atoms with E-state index in [1.165, 1.54) is 12.1 Å². The van der Waals surface area contributed by atoms with Gasteiger partial charge in [-0.05, 0) is 92.6 Å². The van der Waals surface area contributed by atoms with Gasteiger partial charge in [0, 0.05) is 36.4 Å². The summed E-state index contributed by atoms with van der Waals surface area (Å²) in [5.74, 6) is 0.705. The lowest BCUT2D eigenvalue weighted by Crippen LogP contribution is -2.46. The molecule has 50 heavy (non-hydrogen) atoms. The highest BCUT2D eigenvalue weighted by Crippen LogP contribution is 2.50. The molecule has 2 aliphatic rings. The third-order valence-electron chi connectivity index (χ3n) is 9.77. The summed E-state index contributed by atoms with van der Waals surface area (Å²) >= 11 is 0. The normalized spacial score (nSPS) is 15.2. The number of aryl methyl sites for hydroxylation is 2. The number of halogens is 1. The fourth-order valence-corrected chi connectivity index (χ4v) is 6.61. The molecule has 2 fully saturated rings. The Morgan fingerprint density at radius 2 is 1.40 bits per heavy atom. The second-order valence-electron chi connectivity index (χ2n) is 13.0. The van der Waals surface area contributed by atoms with Gasteiger partial charge >= 0.3 is 0 Å². The lowest BCUT2D eigenvalue weighted by atomic mass is 9.64. The first-order valence-corrected chi connectivity index (χ1v) is 16.8. The minimum absolute atomic E-state index is 0.0248. The highest BCUT2D eigenvalue weighted by atomic mass is 19.1. The summed E-state index contributed by atoms with van der Waals surface area (Å²) in [5.41, 5.74) is 4.68. The Morgan fingerprint density at radius 1 is 0.700 bits per heavy atom. The average Bonchev–Trinajstić information content (AvgIpc) is 3.65. The molecule has 0 aliphatic heterocycles. The number of rotatable bonds is 8. The van der Waals surface area contributed by atoms with Crippen LogP contribution in [0.2, 0.25) is 0 Å². The van der Waals surface area contributed by atoms with E-state index < -0.39 is 10.8 Å². The van der Waals surface area contributed by atoms with Crippen molar-refractivity contribution in [3.8, 4) is 11.4 Å². The Morgan fingerprint density at radius 3 is 2.08 bits per heavy atom. The van der Waals surface area contributed by atoms with Gasteiger partial charge in [-0.1, -0.05) is 61.0 Å². The molecule has 2 N–H and O–H groups in total. The molecule has 2 saturated carbocycles. The zero-order chi connectivity index (χ0) is 34.7. The van der Waals surface area contributed by atoms with Crippen LogP contribution in [0.25, 0.3) is 11.4 Å². The Labute approximate surface area is 290 Å². The van der Waals surface area contributed by atoms with Crippen LogP contribution in [0, 0.1) is 19.7 Å². The Kier molecular flexibility index (Phi) is 8.84. The van der Waals surface area contributed by atoms with Gasteiger partial charge in [0.15, 0.2) is 11.6 Å². The van der Waals surface area contributed by atoms with Crippen LogP contribution in [-0.2, 0) is 20.4 Å². The second kappa shape index (κ2) is 13.5. The molecule has 9 nitrogen and oxygen atoms in total. The number of para-hydroxylation sites is 1. The van der Waals surface area contributed by atoms with Crippen molar-refractivity contribution < 1.29 is 14.0 Å². The number of hydrogen-bond donors (Lipinski definition) is 2. The van der Waals surface area contributed by atoms with Crippen molar-refractivity contribution in [2.75, 3.05) is 10.6 Å². The van der Waals surface area contributed by atoms with Crippen LogP contribution in [0.1, 0.15) is 54.4 Å². The molecule has 3 aromatic carbocycles. The minimum atomic E-state index is -0.662. The Bertz CT molecular complexity index is 2130. The van der Waals surface area contributed by atoms with Crippen molar-refractivity contribution in [1.82, 2.24) is 24.5 Å². The molecule has 10 heteroatoms. The molecular formula is C40H38FN7O2. The zero-order valence-corrected chi connectivity index (χ0v) is 28.0. The van der Waals surface area contributed by atoms with Crippen LogP contribution in [0.5, 0.6) is 0 Å². The van der Waals surface area contributed by atoms with Gasteiger partial charge in [0.25, 0.3) is 0 Å². The number of hydrogen-bond acceptors (Lipinski definition) is 5. The van der Waals surface area contributed by atoms with E-state index in [1.807, 2.05) is 86.0 Å². The summed E-state index contributed by atoms with van der Waals surface area (Å²) < 4.78 is 17.1. The monoisotopic (exact) mass is 667 g/mol. The summed E-state index contributed by atoms with van der Waals surface area (Å²) in [6, 6.07) is 29.8. The standard InChI is InChI=1S/C21H20FN3O.C19H18N4O/c1-15-14-25(18-9-3-2-4-10-18)24-19(15)23-20(26)21(11-6-12-21)16-7-5-8-17(22)13-16;1-14-4-2-3-5-16(14)19(9-10-19)18(24)21-17-8-13-23(22-17)15-6-11-20-12-7-15/h2-5,7-10,13-14H,6,11-12H2,1H3,(H,23,24,26);2-8,11-13H,9-10H2,1H3,(H,21,22,24). The maximum Gasteiger partial charge on any atom is 0.236 e. The second-order valence-corrected chi connectivity index (χ2v) is 13.0. The van der Waals surface area contributed by atoms with Crippen molar-refractivity contribution in [2.24, 2.45) is 0 Å². The lowest BCUT2D eigenvalue weighted by molar-refractivity contribution is -0.124. The van der Waals surface area contributed by atoms with E-state index in [9.17, 15) is 14.0 Å². The predicted octanol–water partition coefficient (Wildman–Crippen LogP) is 7.63. The molecule has 0 atom stereocenters. The van der Waals surface area contributed by atoms with Crippen molar-refractivity contribution in [3.63, 3.8) is 0 Å². The molecule has 6 aromatic rings. The first kappa shape index (κ1) is 32.6. The van der Waals surface area contributed by atoms with Crippen molar-refractivity contribution in [3.05, 3.63) is 150 Å². The van der Waals surface area contributed by atoms with Gasteiger partial charge in [-0.25, -0.2) is 13.8 Å². The van der Waals surface area contributed by atoms with Crippen molar-refractivity contribution in [1.29, 1.82) is 0 Å². The number of nitrogens with zero attached hydrogens (tertiary/aromatic N) is 5. The van der Waals surface area contributed by atoms with Gasteiger partial charge in [0.05, 0.1) is 22.2 Å². The average molecular weight is 668 g/mol. The first-order chi connectivity index (χ1) is 24.3. The van der Waals surface area contributed by atoms with E-state index in [1.54, 1.807) is 27.8 Å². The molecule has 3 heterocycles. The number of nitrogens with one attached hydrogen (secondary N) is 2. The maximum atomic E-state index is 13.7. The van der Waals surface area contributed by atoms with E-state index in [4.69, 9.17) is 0 Å². The van der Waals surface area contributed by atoms with E-state index in [2.05, 4.69) is 44.9 Å². The van der Waals surface area contributed by atoms with E-state index >= 15 is 0 Å². The third-order valence-corrected chi connectivity index (χ3v) is 9.77. The topological polar surface area (TPSA) is 107 Å². The smallest absolute Gasteiger partial charge is 0.236 e. The van der Waals surface area contributed by atoms with Crippen molar-refractivity contribution >= 4 is 23.5 Å². The summed E-state index contributed by atoms with van der Waals surface area (Å²) in [6.07, 6.45) is 11.3. The number of aromatic nitrogens is 5. The highest BCUT2D eigenvalue weighted by Gasteiger charge is 2.52. The molecule has 3 aromatic heterocycles. The third kappa shape index (κ3) is 6.44. The molecule has 0 spiro atoms. The van der Waals surface area contributed by atoms with Crippen LogP contribution in [0.15, 0.2) is 122 Å². The molecule has 0 saturated heterocycles. The highest BCUT2D eigenvalue weighted by molar-refractivity contribution is 6.01. The van der Waals surface area contributed by atoms with Gasteiger partial charge in [0.1, 0.15) is 5.82 Å². The van der Waals surface area contributed by atoms with E-state index in [0.717, 1.165) is 65.7 Å². The molecule has 8 rings (SSSR count). The first-order valence-electron chi connectivity index (χ1n) is 16.8. The Hall–Kier alpha value is -5.90. The fourth-order valence-electron chi connectivity index (χ4n) is 6.61. The summed E-state index contributed by atoms with van der Waals surface area (Å²) in [6.45, 7) is 3.97. The van der Waals surface area contributed by atoms with Crippen LogP contribution < -0.4 is 10.6 Å². The van der Waals surface area contributed by atoms with E-state index in [-0.39, 0.29) is 17.6 Å². The van der Waals surface area contributed by atoms with Crippen LogP contribution in [0.4, 0.5) is 16.0 Å². The number of carbonyl (C=O) groups excluding carboxylic acids is 2. The van der Waals surface area contributed by atoms with Gasteiger partial charge in [-0.2, -0.15) is 5.10 Å². The molecule has 0 radical (unpaired) electrons. The SMILES string of the molecule is Cc1ccccc1C1(C(=O)Nc2ccn(-c3ccncc3)n2)CC1.Cc1cn(-c2ccccc2)nc1NC(=O)C1(c2cccc(F)c2)CCC1. The van der Waals surface area contributed by atoms with Crippen LogP contribution in [0.3, 0.4) is 0 Å². The van der Waals surface area contributed by atoms with Gasteiger partial charge in [-0.3, -0.25) is 14.6 Å². The summed E-state index contributed by atoms with van der Waals surface area (Å²) in [5, 5.41) is 14.9. The van der Waals surface area contributed by atoms with Crippen molar-refractivity contribution in [2.45, 2.75) is 56.8 Å². The van der Waals surface area contributed by atoms with Gasteiger partial charge in [0.2, 0.25) is 11.8 Å². The summed E-state index contributed by atoms with van der Waals surface area (Å²) in [4.78, 5) is 29.9. The molecule has 2 aliphatic carbocycles. The number of pyridine rings is 1. The quantitative estimate of drug-likeness (QED) is 0.174. The van der Waals surface area contributed by atoms with Crippen LogP contribution in [-0.4, -0.2) is 36.4 Å². The molecule has 0 bridgehead atoms. The lowest BCUT2D eigenvalue weighted by Gasteiger charge is -2.40. The maximum absolute atomic E-state index is 13.7. The fraction of sp³-hybridized carbons (Fsp3) is 0.225. The van der Waals surface area contributed by atoms with Gasteiger partial charge < -0.3 is 10.6 Å². The molecule has 2 amide bonds. The molecule has 252 valence electrons. The minimum Gasteiger partial charge on any atom is -0.308 e. The van der Waals surface area contributed by atoms with E-state index in [0.29, 0.717) is 11.6 Å². The number of amides is 2. The van der Waals surface area contributed by atoms with Crippen LogP contribution >= 0.6 is 0 Å². The Balaban J connectivity index is 0.000000157. The molecule has 0 unspecified atom stereocenters. The van der Waals surface area contributed by atoms with Gasteiger partial charge in [-0.15, -0.1) is 5.10 Å². The summed E-state index contributed by atoms with van der Waals surface area (Å²) in [7, 11) is 0.